The smallest absolute Gasteiger partial charge is 0.335 e. The summed E-state index contributed by atoms with van der Waals surface area (Å²) in [5.74, 6) is -2.75. The number of carbonyl (C=O) groups excluding carboxylic acids is 2. The van der Waals surface area contributed by atoms with Crippen LogP contribution in [-0.2, 0) is 20.8 Å². The average Bonchev–Trinajstić information content (AvgIpc) is 3.71. The number of nitrogens with zero attached hydrogens (tertiary/aromatic N) is 5. The van der Waals surface area contributed by atoms with Crippen molar-refractivity contribution in [2.24, 2.45) is 5.16 Å². The first-order valence-corrected chi connectivity index (χ1v) is 13.3. The number of oxime groups is 1. The van der Waals surface area contributed by atoms with Gasteiger partial charge in [0.25, 0.3) is 11.8 Å². The number of hydrogen-bond acceptors (Lipinski definition) is 7. The van der Waals surface area contributed by atoms with Gasteiger partial charge in [0.15, 0.2) is 5.82 Å². The molecule has 212 valence electrons. The molecule has 0 saturated carbocycles. The maximum absolute atomic E-state index is 14.6. The maximum atomic E-state index is 14.6. The van der Waals surface area contributed by atoms with Gasteiger partial charge in [-0.3, -0.25) is 14.2 Å². The van der Waals surface area contributed by atoms with Crippen LogP contribution in [0.5, 0.6) is 0 Å². The highest BCUT2D eigenvalue weighted by Crippen LogP contribution is 2.36. The summed E-state index contributed by atoms with van der Waals surface area (Å²) in [4.78, 5) is 45.9. The van der Waals surface area contributed by atoms with Crippen LogP contribution in [0.1, 0.15) is 39.5 Å². The van der Waals surface area contributed by atoms with Crippen molar-refractivity contribution in [1.82, 2.24) is 19.7 Å². The lowest BCUT2D eigenvalue weighted by Gasteiger charge is -2.38. The Hall–Kier alpha value is -5.10. The van der Waals surface area contributed by atoms with Crippen LogP contribution in [0.4, 0.5) is 10.1 Å². The van der Waals surface area contributed by atoms with Gasteiger partial charge in [0, 0.05) is 24.2 Å². The Bertz CT molecular complexity index is 1730. The second-order valence-corrected chi connectivity index (χ2v) is 10.1. The molecule has 2 N–H and O–H groups in total. The first-order valence-electron chi connectivity index (χ1n) is 12.9. The lowest BCUT2D eigenvalue weighted by atomic mass is 9.89. The number of hydrogen-bond donors (Lipinski definition) is 2. The number of benzene rings is 3. The lowest BCUT2D eigenvalue weighted by molar-refractivity contribution is -0.148. The molecular formula is C29H22ClFN6O5. The SMILES string of the molecule is O=C(O)c1ccc(NC(=O)C2c3cccc(-n4cnnc4)c3CCN2C(=O)C2CC(c3cccc(Cl)c3F)=NO2)cc1. The molecule has 3 heterocycles. The van der Waals surface area contributed by atoms with Gasteiger partial charge in [0.1, 0.15) is 18.7 Å². The Balaban J connectivity index is 1.31. The molecule has 0 spiro atoms. The van der Waals surface area contributed by atoms with Gasteiger partial charge in [0.05, 0.1) is 22.0 Å². The van der Waals surface area contributed by atoms with Crippen LogP contribution in [0.2, 0.25) is 5.02 Å². The normalized spacial score (nSPS) is 17.7. The number of carboxylic acid groups (broad SMARTS) is 1. The second kappa shape index (κ2) is 11.1. The van der Waals surface area contributed by atoms with Crippen molar-refractivity contribution in [1.29, 1.82) is 0 Å². The van der Waals surface area contributed by atoms with Gasteiger partial charge in [-0.1, -0.05) is 35.0 Å². The summed E-state index contributed by atoms with van der Waals surface area (Å²) in [5.41, 5.74) is 3.01. The molecule has 3 aromatic carbocycles. The predicted molar refractivity (Wildman–Crippen MR) is 149 cm³/mol. The molecule has 0 radical (unpaired) electrons. The van der Waals surface area contributed by atoms with Gasteiger partial charge in [-0.25, -0.2) is 9.18 Å². The molecule has 2 atom stereocenters. The van der Waals surface area contributed by atoms with Crippen molar-refractivity contribution in [3.8, 4) is 5.69 Å². The number of fused-ring (bicyclic) bond motifs is 1. The Morgan fingerprint density at radius 1 is 1.02 bits per heavy atom. The number of halogens is 2. The molecular weight excluding hydrogens is 567 g/mol. The van der Waals surface area contributed by atoms with E-state index in [2.05, 4.69) is 20.7 Å². The van der Waals surface area contributed by atoms with Crippen LogP contribution in [0.25, 0.3) is 5.69 Å². The van der Waals surface area contributed by atoms with Crippen LogP contribution < -0.4 is 5.32 Å². The third-order valence-electron chi connectivity index (χ3n) is 7.23. The van der Waals surface area contributed by atoms with E-state index in [1.54, 1.807) is 35.4 Å². The number of aromatic carboxylic acids is 1. The number of nitrogens with one attached hydrogen (secondary N) is 1. The van der Waals surface area contributed by atoms with Crippen LogP contribution in [0.15, 0.2) is 78.5 Å². The summed E-state index contributed by atoms with van der Waals surface area (Å²) in [6, 6.07) is 14.6. The quantitative estimate of drug-likeness (QED) is 0.347. The van der Waals surface area contributed by atoms with E-state index in [4.69, 9.17) is 16.4 Å². The average molecular weight is 589 g/mol. The van der Waals surface area contributed by atoms with Gasteiger partial charge in [0.2, 0.25) is 6.10 Å². The predicted octanol–water partition coefficient (Wildman–Crippen LogP) is 4.02. The van der Waals surface area contributed by atoms with Crippen molar-refractivity contribution >= 4 is 40.8 Å². The number of rotatable bonds is 6. The molecule has 0 saturated heterocycles. The van der Waals surface area contributed by atoms with E-state index >= 15 is 0 Å². The van der Waals surface area contributed by atoms with Gasteiger partial charge >= 0.3 is 5.97 Å². The first-order chi connectivity index (χ1) is 20.3. The number of amides is 2. The van der Waals surface area contributed by atoms with Crippen molar-refractivity contribution in [2.45, 2.75) is 25.0 Å². The Morgan fingerprint density at radius 2 is 1.76 bits per heavy atom. The van der Waals surface area contributed by atoms with E-state index in [-0.39, 0.29) is 34.8 Å². The summed E-state index contributed by atoms with van der Waals surface area (Å²) in [6.45, 7) is 0.182. The van der Waals surface area contributed by atoms with Crippen molar-refractivity contribution in [3.05, 3.63) is 106 Å². The summed E-state index contributed by atoms with van der Waals surface area (Å²) < 4.78 is 16.4. The minimum atomic E-state index is -1.09. The summed E-state index contributed by atoms with van der Waals surface area (Å²) in [7, 11) is 0. The second-order valence-electron chi connectivity index (χ2n) is 9.71. The van der Waals surface area contributed by atoms with Crippen LogP contribution >= 0.6 is 11.6 Å². The van der Waals surface area contributed by atoms with Gasteiger partial charge in [-0.05, 0) is 60.0 Å². The van der Waals surface area contributed by atoms with E-state index in [0.717, 1.165) is 11.3 Å². The highest BCUT2D eigenvalue weighted by atomic mass is 35.5. The molecule has 0 bridgehead atoms. The van der Waals surface area contributed by atoms with E-state index < -0.39 is 35.7 Å². The van der Waals surface area contributed by atoms with Gasteiger partial charge in [-0.15, -0.1) is 10.2 Å². The van der Waals surface area contributed by atoms with Crippen molar-refractivity contribution in [2.75, 3.05) is 11.9 Å². The van der Waals surface area contributed by atoms with E-state index in [1.165, 1.54) is 41.3 Å². The fraction of sp³-hybridized carbons (Fsp3) is 0.172. The summed E-state index contributed by atoms with van der Waals surface area (Å²) in [5, 5.41) is 23.7. The third-order valence-corrected chi connectivity index (χ3v) is 7.52. The minimum absolute atomic E-state index is 0.00874. The van der Waals surface area contributed by atoms with Crippen molar-refractivity contribution in [3.63, 3.8) is 0 Å². The molecule has 2 amide bonds. The number of carbonyl (C=O) groups is 3. The minimum Gasteiger partial charge on any atom is -0.478 e. The van der Waals surface area contributed by atoms with E-state index in [9.17, 15) is 23.9 Å². The van der Waals surface area contributed by atoms with Crippen molar-refractivity contribution < 1.29 is 28.7 Å². The monoisotopic (exact) mass is 588 g/mol. The maximum Gasteiger partial charge on any atom is 0.335 e. The van der Waals surface area contributed by atoms with Crippen LogP contribution in [0.3, 0.4) is 0 Å². The lowest BCUT2D eigenvalue weighted by Crippen LogP contribution is -2.49. The fourth-order valence-corrected chi connectivity index (χ4v) is 5.40. The molecule has 4 aromatic rings. The Morgan fingerprint density at radius 3 is 2.50 bits per heavy atom. The first kappa shape index (κ1) is 27.1. The molecule has 42 heavy (non-hydrogen) atoms. The third kappa shape index (κ3) is 4.96. The zero-order valence-electron chi connectivity index (χ0n) is 21.8. The summed E-state index contributed by atoms with van der Waals surface area (Å²) >= 11 is 5.93. The summed E-state index contributed by atoms with van der Waals surface area (Å²) in [6.07, 6.45) is 2.44. The number of carboxylic acids is 1. The number of aromatic nitrogens is 3. The Labute approximate surface area is 243 Å². The molecule has 0 aliphatic carbocycles. The molecule has 2 aliphatic heterocycles. The topological polar surface area (TPSA) is 139 Å². The zero-order chi connectivity index (χ0) is 29.4. The number of anilines is 1. The largest absolute Gasteiger partial charge is 0.478 e. The van der Waals surface area contributed by atoms with Gasteiger partial charge in [-0.2, -0.15) is 0 Å². The zero-order valence-corrected chi connectivity index (χ0v) is 22.5. The standard InChI is InChI=1S/C29H22ClFN6O5/c30-21-5-1-4-20(25(21)31)22-13-24(42-35-22)28(39)37-12-11-18-19(3-2-6-23(18)36-14-32-33-15-36)26(37)27(38)34-17-9-7-16(8-10-17)29(40)41/h1-10,14-15,24,26H,11-13H2,(H,34,38)(H,40,41). The highest BCUT2D eigenvalue weighted by molar-refractivity contribution is 6.31. The van der Waals surface area contributed by atoms with E-state index in [0.29, 0.717) is 17.7 Å². The molecule has 11 nitrogen and oxygen atoms in total. The Kier molecular flexibility index (Phi) is 7.13. The molecule has 13 heteroatoms. The van der Waals surface area contributed by atoms with E-state index in [1.807, 2.05) is 6.07 Å². The van der Waals surface area contributed by atoms with Crippen LogP contribution in [-0.4, -0.2) is 60.9 Å². The highest BCUT2D eigenvalue weighted by Gasteiger charge is 2.42. The molecule has 6 rings (SSSR count). The molecule has 2 unspecified atom stereocenters. The molecule has 0 fully saturated rings. The molecule has 2 aliphatic rings. The molecule has 1 aromatic heterocycles. The van der Waals surface area contributed by atoms with Crippen LogP contribution in [0, 0.1) is 5.82 Å². The fourth-order valence-electron chi connectivity index (χ4n) is 5.22. The van der Waals surface area contributed by atoms with Gasteiger partial charge < -0.3 is 20.2 Å².